The first-order valence-corrected chi connectivity index (χ1v) is 12.5. The highest BCUT2D eigenvalue weighted by Crippen LogP contribution is 2.40. The van der Waals surface area contributed by atoms with E-state index in [0.717, 1.165) is 57.8 Å². The van der Waals surface area contributed by atoms with Crippen molar-refractivity contribution < 1.29 is 8.42 Å². The largest absolute Gasteiger partial charge is 0.388 e. The number of hydrogen-bond donors (Lipinski definition) is 1. The molecule has 0 saturated heterocycles. The average Bonchev–Trinajstić information content (AvgIpc) is 3.07. The molecule has 5 heteroatoms. The van der Waals surface area contributed by atoms with Crippen LogP contribution in [0.2, 0.25) is 0 Å². The van der Waals surface area contributed by atoms with Crippen molar-refractivity contribution in [1.82, 2.24) is 10.2 Å². The number of sulfone groups is 1. The zero-order valence-corrected chi connectivity index (χ0v) is 18.2. The molecule has 4 atom stereocenters. The first-order valence-electron chi connectivity index (χ1n) is 10.9. The minimum Gasteiger partial charge on any atom is -0.388 e. The number of rotatable bonds is 7. The van der Waals surface area contributed by atoms with Gasteiger partial charge in [0.2, 0.25) is 0 Å². The van der Waals surface area contributed by atoms with E-state index in [2.05, 4.69) is 37.4 Å². The summed E-state index contributed by atoms with van der Waals surface area (Å²) in [5, 5.41) is 5.04. The summed E-state index contributed by atoms with van der Waals surface area (Å²) in [6.07, 6.45) is 14.9. The van der Waals surface area contributed by atoms with Crippen molar-refractivity contribution in [2.24, 2.45) is 11.8 Å². The van der Waals surface area contributed by atoms with E-state index in [1.165, 1.54) is 12.0 Å². The molecule has 1 aliphatic heterocycles. The highest BCUT2D eigenvalue weighted by molar-refractivity contribution is 7.94. The third-order valence-electron chi connectivity index (χ3n) is 7.08. The fourth-order valence-electron chi connectivity index (χ4n) is 5.21. The molecule has 3 aliphatic rings. The predicted octanol–water partition coefficient (Wildman–Crippen LogP) is 4.25. The Balaban J connectivity index is 1.60. The molecule has 1 heterocycles. The first kappa shape index (κ1) is 20.9. The summed E-state index contributed by atoms with van der Waals surface area (Å²) in [7, 11) is 1.26. The predicted molar refractivity (Wildman–Crippen MR) is 113 cm³/mol. The Kier molecular flexibility index (Phi) is 7.07. The van der Waals surface area contributed by atoms with E-state index >= 15 is 0 Å². The second-order valence-corrected chi connectivity index (χ2v) is 11.2. The van der Waals surface area contributed by atoms with Crippen LogP contribution in [0.3, 0.4) is 0 Å². The molecular weight excluding hydrogens is 356 g/mol. The van der Waals surface area contributed by atoms with Crippen molar-refractivity contribution in [3.05, 3.63) is 23.3 Å². The molecule has 0 aromatic rings. The fraction of sp³-hybridized carbons (Fsp3) is 0.818. The van der Waals surface area contributed by atoms with Crippen LogP contribution in [0, 0.1) is 11.8 Å². The lowest BCUT2D eigenvalue weighted by Gasteiger charge is -2.33. The van der Waals surface area contributed by atoms with E-state index in [-0.39, 0.29) is 5.25 Å². The van der Waals surface area contributed by atoms with Crippen molar-refractivity contribution in [2.45, 2.75) is 88.5 Å². The topological polar surface area (TPSA) is 49.4 Å². The Morgan fingerprint density at radius 3 is 2.59 bits per heavy atom. The van der Waals surface area contributed by atoms with Gasteiger partial charge in [0.25, 0.3) is 0 Å². The molecular formula is C22H38N2O2S. The number of nitrogens with one attached hydrogen (secondary N) is 1. The van der Waals surface area contributed by atoms with Gasteiger partial charge in [-0.3, -0.25) is 0 Å². The molecule has 154 valence electrons. The third kappa shape index (κ3) is 5.17. The van der Waals surface area contributed by atoms with Crippen LogP contribution in [0.1, 0.15) is 71.1 Å². The molecule has 0 aromatic heterocycles. The summed E-state index contributed by atoms with van der Waals surface area (Å²) in [5.74, 6) is 0.965. The van der Waals surface area contributed by atoms with Gasteiger partial charge < -0.3 is 10.2 Å². The summed E-state index contributed by atoms with van der Waals surface area (Å²) in [6.45, 7) is 2.26. The van der Waals surface area contributed by atoms with Crippen LogP contribution < -0.4 is 5.32 Å². The van der Waals surface area contributed by atoms with E-state index in [1.54, 1.807) is 5.41 Å². The Morgan fingerprint density at radius 1 is 1.19 bits per heavy atom. The summed E-state index contributed by atoms with van der Waals surface area (Å²) < 4.78 is 25.3. The van der Waals surface area contributed by atoms with Crippen LogP contribution in [0.25, 0.3) is 0 Å². The average molecular weight is 395 g/mol. The quantitative estimate of drug-likeness (QED) is 0.701. The van der Waals surface area contributed by atoms with Crippen molar-refractivity contribution in [2.75, 3.05) is 14.1 Å². The Hall–Kier alpha value is -0.810. The standard InChI is InChI=1S/C22H38N2O2S/c1-4-19(24(2)3)15-18-16-23-22-11-10-17(14-21(18)22)12-13-27(25,26)20-8-6-5-7-9-20/h12-13,16-17,19-23H,4-11,14-15H2,1-3H3/b13-12+/t17?,19-,21?,22?/m1/s1. The highest BCUT2D eigenvalue weighted by atomic mass is 32.2. The minimum absolute atomic E-state index is 0.132. The van der Waals surface area contributed by atoms with Gasteiger partial charge in [0, 0.05) is 23.4 Å². The smallest absolute Gasteiger partial charge is 0.174 e. The van der Waals surface area contributed by atoms with Gasteiger partial charge in [-0.2, -0.15) is 0 Å². The van der Waals surface area contributed by atoms with E-state index in [1.807, 2.05) is 6.08 Å². The molecule has 1 N–H and O–H groups in total. The summed E-state index contributed by atoms with van der Waals surface area (Å²) in [6, 6.07) is 1.14. The summed E-state index contributed by atoms with van der Waals surface area (Å²) in [5.41, 5.74) is 1.54. The van der Waals surface area contributed by atoms with E-state index < -0.39 is 9.84 Å². The second kappa shape index (κ2) is 9.13. The molecule has 0 aromatic carbocycles. The summed E-state index contributed by atoms with van der Waals surface area (Å²) in [4.78, 5) is 2.32. The van der Waals surface area contributed by atoms with Crippen molar-refractivity contribution in [1.29, 1.82) is 0 Å². The van der Waals surface area contributed by atoms with Crippen LogP contribution in [-0.4, -0.2) is 44.7 Å². The van der Waals surface area contributed by atoms with Gasteiger partial charge in [-0.05, 0) is 76.7 Å². The van der Waals surface area contributed by atoms with Gasteiger partial charge >= 0.3 is 0 Å². The number of allylic oxidation sites excluding steroid dienone is 1. The number of hydrogen-bond acceptors (Lipinski definition) is 4. The number of fused-ring (bicyclic) bond motifs is 1. The molecule has 0 spiro atoms. The maximum atomic E-state index is 12.7. The van der Waals surface area contributed by atoms with Crippen molar-refractivity contribution in [3.63, 3.8) is 0 Å². The molecule has 2 aliphatic carbocycles. The molecule has 0 bridgehead atoms. The fourth-order valence-corrected chi connectivity index (χ4v) is 6.86. The van der Waals surface area contributed by atoms with Crippen LogP contribution in [-0.2, 0) is 9.84 Å². The van der Waals surface area contributed by atoms with E-state index in [0.29, 0.717) is 23.9 Å². The molecule has 2 saturated carbocycles. The molecule has 4 nitrogen and oxygen atoms in total. The third-order valence-corrected chi connectivity index (χ3v) is 9.02. The minimum atomic E-state index is -3.07. The number of nitrogens with zero attached hydrogens (tertiary/aromatic N) is 1. The van der Waals surface area contributed by atoms with Gasteiger partial charge in [-0.15, -0.1) is 0 Å². The molecule has 3 unspecified atom stereocenters. The lowest BCUT2D eigenvalue weighted by molar-refractivity contribution is 0.256. The molecule has 3 rings (SSSR count). The Labute approximate surface area is 166 Å². The second-order valence-electron chi connectivity index (χ2n) is 9.08. The van der Waals surface area contributed by atoms with Gasteiger partial charge in [-0.1, -0.05) is 32.3 Å². The maximum Gasteiger partial charge on any atom is 0.174 e. The lowest BCUT2D eigenvalue weighted by Crippen LogP contribution is -2.35. The van der Waals surface area contributed by atoms with Gasteiger partial charge in [-0.25, -0.2) is 8.42 Å². The monoisotopic (exact) mass is 394 g/mol. The van der Waals surface area contributed by atoms with Crippen LogP contribution in [0.5, 0.6) is 0 Å². The van der Waals surface area contributed by atoms with E-state index in [4.69, 9.17) is 0 Å². The highest BCUT2D eigenvalue weighted by Gasteiger charge is 2.36. The lowest BCUT2D eigenvalue weighted by atomic mass is 9.75. The molecule has 2 fully saturated rings. The molecule has 27 heavy (non-hydrogen) atoms. The van der Waals surface area contributed by atoms with Crippen LogP contribution in [0.4, 0.5) is 0 Å². The van der Waals surface area contributed by atoms with Gasteiger partial charge in [0.1, 0.15) is 0 Å². The normalized spacial score (nSPS) is 31.0. The van der Waals surface area contributed by atoms with Crippen molar-refractivity contribution >= 4 is 9.84 Å². The maximum absolute atomic E-state index is 12.7. The zero-order chi connectivity index (χ0) is 19.4. The zero-order valence-electron chi connectivity index (χ0n) is 17.4. The Bertz CT molecular complexity index is 647. The summed E-state index contributed by atoms with van der Waals surface area (Å²) >= 11 is 0. The van der Waals surface area contributed by atoms with Crippen molar-refractivity contribution in [3.8, 4) is 0 Å². The Morgan fingerprint density at radius 2 is 1.93 bits per heavy atom. The van der Waals surface area contributed by atoms with Gasteiger partial charge in [0.15, 0.2) is 9.84 Å². The van der Waals surface area contributed by atoms with E-state index in [9.17, 15) is 8.42 Å². The first-order chi connectivity index (χ1) is 12.9. The molecule has 0 amide bonds. The molecule has 0 radical (unpaired) electrons. The van der Waals surface area contributed by atoms with Crippen LogP contribution >= 0.6 is 0 Å². The van der Waals surface area contributed by atoms with Crippen LogP contribution in [0.15, 0.2) is 23.3 Å². The van der Waals surface area contributed by atoms with Gasteiger partial charge in [0.05, 0.1) is 5.25 Å². The SMILES string of the molecule is CC[C@H](CC1=CNC2CCC(/C=C/S(=O)(=O)C3CCCCC3)CC12)N(C)C.